The zero-order valence-corrected chi connectivity index (χ0v) is 11.7. The largest absolute Gasteiger partial charge is 0.387 e. The van der Waals surface area contributed by atoms with Crippen LogP contribution in [0.2, 0.25) is 0 Å². The lowest BCUT2D eigenvalue weighted by Gasteiger charge is -2.27. The molecule has 2 aromatic heterocycles. The molecule has 0 unspecified atom stereocenters. The number of rotatable bonds is 3. The molecule has 1 fully saturated rings. The Morgan fingerprint density at radius 2 is 2.30 bits per heavy atom. The first-order valence-corrected chi connectivity index (χ1v) is 6.55. The van der Waals surface area contributed by atoms with Crippen molar-refractivity contribution in [2.75, 3.05) is 44.4 Å². The predicted octanol–water partition coefficient (Wildman–Crippen LogP) is -0.562. The monoisotopic (exact) mass is 277 g/mol. The molecule has 0 bridgehead atoms. The first-order chi connectivity index (χ1) is 9.47. The number of fused-ring (bicyclic) bond motifs is 1. The summed E-state index contributed by atoms with van der Waals surface area (Å²) in [5.74, 6) is 0.940. The van der Waals surface area contributed by atoms with Gasteiger partial charge in [0.15, 0.2) is 5.65 Å². The molecule has 108 valence electrons. The van der Waals surface area contributed by atoms with Crippen molar-refractivity contribution in [3.63, 3.8) is 0 Å². The lowest BCUT2D eigenvalue weighted by atomic mass is 10.0. The molecule has 0 aliphatic carbocycles. The molecular weight excluding hydrogens is 258 g/mol. The maximum absolute atomic E-state index is 10.6. The number of aromatic amines is 1. The maximum atomic E-state index is 10.6. The number of hydrogen-bond donors (Lipinski definition) is 3. The van der Waals surface area contributed by atoms with E-state index in [4.69, 9.17) is 5.73 Å². The highest BCUT2D eigenvalue weighted by atomic mass is 16.3. The second-order valence-electron chi connectivity index (χ2n) is 5.67. The van der Waals surface area contributed by atoms with Crippen LogP contribution < -0.4 is 10.6 Å². The molecule has 0 spiro atoms. The molecule has 1 atom stereocenters. The third-order valence-corrected chi connectivity index (χ3v) is 3.55. The Labute approximate surface area is 116 Å². The molecule has 3 rings (SSSR count). The van der Waals surface area contributed by atoms with Gasteiger partial charge in [0.25, 0.3) is 0 Å². The predicted molar refractivity (Wildman–Crippen MR) is 76.4 cm³/mol. The molecule has 4 N–H and O–H groups in total. The molecule has 20 heavy (non-hydrogen) atoms. The zero-order chi connectivity index (χ0) is 14.3. The number of nitrogen functional groups attached to an aromatic ring is 1. The number of aliphatic hydroxyl groups is 1. The molecule has 3 heterocycles. The van der Waals surface area contributed by atoms with Gasteiger partial charge in [0.05, 0.1) is 17.2 Å². The Balaban J connectivity index is 1.91. The summed E-state index contributed by atoms with van der Waals surface area (Å²) in [6.07, 6.45) is 2.39. The Morgan fingerprint density at radius 3 is 3.05 bits per heavy atom. The number of hydrogen-bond acceptors (Lipinski definition) is 7. The summed E-state index contributed by atoms with van der Waals surface area (Å²) in [7, 11) is 3.91. The summed E-state index contributed by atoms with van der Waals surface area (Å²) in [4.78, 5) is 12.4. The SMILES string of the molecule is CN(C)C[C@@]1(O)CCN(c2nc(N)nc3[nH]ncc23)C1. The van der Waals surface area contributed by atoms with Gasteiger partial charge in [-0.3, -0.25) is 5.10 Å². The van der Waals surface area contributed by atoms with Crippen molar-refractivity contribution in [1.82, 2.24) is 25.1 Å². The smallest absolute Gasteiger partial charge is 0.224 e. The molecule has 0 saturated carbocycles. The van der Waals surface area contributed by atoms with Crippen LogP contribution in [0.1, 0.15) is 6.42 Å². The molecule has 0 radical (unpaired) electrons. The number of aromatic nitrogens is 4. The first kappa shape index (κ1) is 13.1. The summed E-state index contributed by atoms with van der Waals surface area (Å²) in [6.45, 7) is 1.89. The second kappa shape index (κ2) is 4.57. The number of likely N-dealkylation sites (N-methyl/N-ethyl adjacent to an activating group) is 1. The van der Waals surface area contributed by atoms with E-state index in [-0.39, 0.29) is 5.95 Å². The van der Waals surface area contributed by atoms with Crippen molar-refractivity contribution >= 4 is 22.8 Å². The quantitative estimate of drug-likeness (QED) is 0.690. The van der Waals surface area contributed by atoms with Crippen LogP contribution in [0.25, 0.3) is 11.0 Å². The summed E-state index contributed by atoms with van der Waals surface area (Å²) in [5, 5.41) is 18.2. The molecule has 8 heteroatoms. The average molecular weight is 277 g/mol. The molecule has 8 nitrogen and oxygen atoms in total. The van der Waals surface area contributed by atoms with Gasteiger partial charge in [-0.15, -0.1) is 0 Å². The lowest BCUT2D eigenvalue weighted by molar-refractivity contribution is 0.0366. The van der Waals surface area contributed by atoms with Crippen molar-refractivity contribution in [2.45, 2.75) is 12.0 Å². The molecule has 0 amide bonds. The lowest BCUT2D eigenvalue weighted by Crippen LogP contribution is -2.42. The molecule has 1 saturated heterocycles. The van der Waals surface area contributed by atoms with E-state index in [0.29, 0.717) is 25.2 Å². The van der Waals surface area contributed by atoms with E-state index < -0.39 is 5.60 Å². The fourth-order valence-electron chi connectivity index (χ4n) is 2.83. The minimum absolute atomic E-state index is 0.208. The van der Waals surface area contributed by atoms with Gasteiger partial charge in [-0.05, 0) is 20.5 Å². The van der Waals surface area contributed by atoms with E-state index in [0.717, 1.165) is 17.7 Å². The summed E-state index contributed by atoms with van der Waals surface area (Å²) >= 11 is 0. The number of β-amino-alcohol motifs (C(OH)–C–C–N with tert-alkyl or cyclic N) is 1. The van der Waals surface area contributed by atoms with Crippen LogP contribution in [0.15, 0.2) is 6.20 Å². The van der Waals surface area contributed by atoms with Crippen LogP contribution >= 0.6 is 0 Å². The van der Waals surface area contributed by atoms with Crippen molar-refractivity contribution in [1.29, 1.82) is 0 Å². The van der Waals surface area contributed by atoms with Gasteiger partial charge in [-0.2, -0.15) is 15.1 Å². The first-order valence-electron chi connectivity index (χ1n) is 6.55. The van der Waals surface area contributed by atoms with E-state index in [1.54, 1.807) is 6.20 Å². The third-order valence-electron chi connectivity index (χ3n) is 3.55. The number of nitrogens with zero attached hydrogens (tertiary/aromatic N) is 5. The van der Waals surface area contributed by atoms with Crippen LogP contribution in [-0.2, 0) is 0 Å². The fourth-order valence-corrected chi connectivity index (χ4v) is 2.83. The molecular formula is C12H19N7O. The van der Waals surface area contributed by atoms with E-state index in [2.05, 4.69) is 20.2 Å². The summed E-state index contributed by atoms with van der Waals surface area (Å²) in [5.41, 5.74) is 5.63. The van der Waals surface area contributed by atoms with Crippen LogP contribution in [0.4, 0.5) is 11.8 Å². The van der Waals surface area contributed by atoms with E-state index in [9.17, 15) is 5.11 Å². The van der Waals surface area contributed by atoms with Gasteiger partial charge in [0.2, 0.25) is 5.95 Å². The van der Waals surface area contributed by atoms with Gasteiger partial charge < -0.3 is 20.6 Å². The number of nitrogens with one attached hydrogen (secondary N) is 1. The van der Waals surface area contributed by atoms with Crippen molar-refractivity contribution in [3.8, 4) is 0 Å². The maximum Gasteiger partial charge on any atom is 0.224 e. The van der Waals surface area contributed by atoms with Crippen molar-refractivity contribution < 1.29 is 5.11 Å². The van der Waals surface area contributed by atoms with Crippen molar-refractivity contribution in [2.24, 2.45) is 0 Å². The normalized spacial score (nSPS) is 23.1. The van der Waals surface area contributed by atoms with Crippen LogP contribution in [0, 0.1) is 0 Å². The Kier molecular flexibility index (Phi) is 2.98. The van der Waals surface area contributed by atoms with E-state index in [1.807, 2.05) is 23.9 Å². The van der Waals surface area contributed by atoms with Gasteiger partial charge >= 0.3 is 0 Å². The third kappa shape index (κ3) is 2.27. The van der Waals surface area contributed by atoms with E-state index >= 15 is 0 Å². The molecule has 1 aliphatic heterocycles. The average Bonchev–Trinajstić information content (AvgIpc) is 2.93. The number of nitrogens with two attached hydrogens (primary N) is 1. The van der Waals surface area contributed by atoms with Crippen LogP contribution in [0.5, 0.6) is 0 Å². The Morgan fingerprint density at radius 1 is 1.50 bits per heavy atom. The van der Waals surface area contributed by atoms with Gasteiger partial charge in [0, 0.05) is 19.6 Å². The highest BCUT2D eigenvalue weighted by molar-refractivity contribution is 5.87. The zero-order valence-electron chi connectivity index (χ0n) is 11.7. The summed E-state index contributed by atoms with van der Waals surface area (Å²) < 4.78 is 0. The van der Waals surface area contributed by atoms with Gasteiger partial charge in [0.1, 0.15) is 5.82 Å². The Bertz CT molecular complexity index is 625. The molecule has 2 aromatic rings. The van der Waals surface area contributed by atoms with E-state index in [1.165, 1.54) is 0 Å². The number of anilines is 2. The second-order valence-corrected chi connectivity index (χ2v) is 5.67. The highest BCUT2D eigenvalue weighted by Gasteiger charge is 2.37. The minimum atomic E-state index is -0.723. The van der Waals surface area contributed by atoms with Crippen molar-refractivity contribution in [3.05, 3.63) is 6.20 Å². The highest BCUT2D eigenvalue weighted by Crippen LogP contribution is 2.30. The Hall–Kier alpha value is -1.93. The number of H-pyrrole nitrogens is 1. The standard InChI is InChI=1S/C12H19N7O/c1-18(2)6-12(20)3-4-19(7-12)10-8-5-14-17-9(8)15-11(13)16-10/h5,20H,3-4,6-7H2,1-2H3,(H3,13,14,15,16,17)/t12-/m0/s1. The summed E-state index contributed by atoms with van der Waals surface area (Å²) in [6, 6.07) is 0. The van der Waals surface area contributed by atoms with Gasteiger partial charge in [-0.1, -0.05) is 0 Å². The van der Waals surface area contributed by atoms with Crippen LogP contribution in [-0.4, -0.2) is 69.5 Å². The minimum Gasteiger partial charge on any atom is -0.387 e. The van der Waals surface area contributed by atoms with Gasteiger partial charge in [-0.25, -0.2) is 0 Å². The fraction of sp³-hybridized carbons (Fsp3) is 0.583. The molecule has 1 aliphatic rings. The topological polar surface area (TPSA) is 107 Å². The van der Waals surface area contributed by atoms with Crippen LogP contribution in [0.3, 0.4) is 0 Å². The molecule has 0 aromatic carbocycles.